The fourth-order valence-corrected chi connectivity index (χ4v) is 0.741. The molecule has 1 aromatic rings. The minimum absolute atomic E-state index is 0.450. The van der Waals surface area contributed by atoms with Gasteiger partial charge in [-0.3, -0.25) is 9.63 Å². The molecule has 0 aliphatic carbocycles. The van der Waals surface area contributed by atoms with Crippen molar-refractivity contribution in [2.24, 2.45) is 0 Å². The maximum Gasteiger partial charge on any atom is 0.278 e. The highest BCUT2D eigenvalue weighted by molar-refractivity contribution is 5.93. The summed E-state index contributed by atoms with van der Waals surface area (Å²) in [5, 5.41) is 0. The molecule has 70 valence electrons. The first-order valence-electron chi connectivity index (χ1n) is 3.30. The number of pyridine rings is 1. The zero-order valence-electron chi connectivity index (χ0n) is 6.67. The van der Waals surface area contributed by atoms with Gasteiger partial charge in [0, 0.05) is 6.20 Å². The lowest BCUT2D eigenvalue weighted by Crippen LogP contribution is -2.23. The molecule has 1 heterocycles. The number of nitrogens with zero attached hydrogens (tertiary/aromatic N) is 1. The van der Waals surface area contributed by atoms with Crippen LogP contribution in [0.3, 0.4) is 0 Å². The lowest BCUT2D eigenvalue weighted by molar-refractivity contribution is 0.0532. The number of nitrogens with one attached hydrogen (secondary N) is 1. The maximum absolute atomic E-state index is 12.8. The van der Waals surface area contributed by atoms with Crippen molar-refractivity contribution in [2.75, 3.05) is 7.11 Å². The molecule has 0 saturated heterocycles. The third-order valence-corrected chi connectivity index (χ3v) is 1.29. The largest absolute Gasteiger partial charge is 0.278 e. The third kappa shape index (κ3) is 1.97. The van der Waals surface area contributed by atoms with E-state index in [4.69, 9.17) is 0 Å². The molecule has 0 saturated carbocycles. The summed E-state index contributed by atoms with van der Waals surface area (Å²) < 4.78 is 25.3. The number of carbonyl (C=O) groups is 1. The summed E-state index contributed by atoms with van der Waals surface area (Å²) in [5.41, 5.74) is 1.41. The van der Waals surface area contributed by atoms with Crippen LogP contribution >= 0.6 is 0 Å². The molecule has 1 rings (SSSR count). The van der Waals surface area contributed by atoms with E-state index in [-0.39, 0.29) is 0 Å². The first kappa shape index (κ1) is 9.53. The Morgan fingerprint density at radius 1 is 1.62 bits per heavy atom. The Morgan fingerprint density at radius 2 is 2.31 bits per heavy atom. The van der Waals surface area contributed by atoms with Crippen LogP contribution in [0.1, 0.15) is 10.4 Å². The van der Waals surface area contributed by atoms with Gasteiger partial charge in [0.25, 0.3) is 5.91 Å². The van der Waals surface area contributed by atoms with E-state index < -0.39 is 23.2 Å². The molecule has 0 aliphatic heterocycles. The van der Waals surface area contributed by atoms with E-state index in [0.29, 0.717) is 0 Å². The average Bonchev–Trinajstić information content (AvgIpc) is 2.10. The van der Waals surface area contributed by atoms with Crippen LogP contribution in [0.25, 0.3) is 0 Å². The molecule has 0 aromatic carbocycles. The number of carbonyl (C=O) groups excluding carboxylic acids is 1. The first-order valence-corrected chi connectivity index (χ1v) is 3.30. The lowest BCUT2D eigenvalue weighted by atomic mass is 10.2. The molecule has 13 heavy (non-hydrogen) atoms. The average molecular weight is 188 g/mol. The Kier molecular flexibility index (Phi) is 2.86. The summed E-state index contributed by atoms with van der Waals surface area (Å²) in [6.45, 7) is 0. The zero-order chi connectivity index (χ0) is 9.84. The quantitative estimate of drug-likeness (QED) is 0.547. The first-order chi connectivity index (χ1) is 6.16. The van der Waals surface area contributed by atoms with Crippen molar-refractivity contribution in [2.45, 2.75) is 0 Å². The number of halogens is 2. The molecular formula is C7H6F2N2O2. The molecule has 0 spiro atoms. The summed E-state index contributed by atoms with van der Waals surface area (Å²) >= 11 is 0. The van der Waals surface area contributed by atoms with E-state index in [2.05, 4.69) is 9.82 Å². The van der Waals surface area contributed by atoms with Gasteiger partial charge in [-0.1, -0.05) is 0 Å². The van der Waals surface area contributed by atoms with Gasteiger partial charge in [0.2, 0.25) is 5.95 Å². The Morgan fingerprint density at radius 3 is 2.92 bits per heavy atom. The van der Waals surface area contributed by atoms with Crippen LogP contribution in [-0.4, -0.2) is 18.0 Å². The van der Waals surface area contributed by atoms with E-state index in [1.165, 1.54) is 7.11 Å². The van der Waals surface area contributed by atoms with Crippen LogP contribution < -0.4 is 5.48 Å². The second-order valence-electron chi connectivity index (χ2n) is 2.10. The molecule has 0 atom stereocenters. The predicted octanol–water partition coefficient (Wildman–Crippen LogP) is 0.651. The van der Waals surface area contributed by atoms with Gasteiger partial charge >= 0.3 is 0 Å². The Hall–Kier alpha value is -1.56. The van der Waals surface area contributed by atoms with Crippen LogP contribution in [0.5, 0.6) is 0 Å². The Balaban J connectivity index is 3.01. The smallest absolute Gasteiger partial charge is 0.277 e. The van der Waals surface area contributed by atoms with E-state index in [9.17, 15) is 13.6 Å². The molecule has 6 heteroatoms. The van der Waals surface area contributed by atoms with Crippen LogP contribution in [0.2, 0.25) is 0 Å². The Bertz CT molecular complexity index is 330. The van der Waals surface area contributed by atoms with E-state index >= 15 is 0 Å². The van der Waals surface area contributed by atoms with Gasteiger partial charge in [0.05, 0.1) is 12.7 Å². The fourth-order valence-electron chi connectivity index (χ4n) is 0.741. The highest BCUT2D eigenvalue weighted by Gasteiger charge is 2.15. The second-order valence-corrected chi connectivity index (χ2v) is 2.10. The molecule has 4 nitrogen and oxygen atoms in total. The summed E-state index contributed by atoms with van der Waals surface area (Å²) in [4.78, 5) is 18.2. The van der Waals surface area contributed by atoms with Crippen molar-refractivity contribution >= 4 is 5.91 Å². The maximum atomic E-state index is 12.8. The Labute approximate surface area is 72.5 Å². The van der Waals surface area contributed by atoms with Crippen molar-refractivity contribution in [1.29, 1.82) is 0 Å². The van der Waals surface area contributed by atoms with Gasteiger partial charge in [0.1, 0.15) is 0 Å². The lowest BCUT2D eigenvalue weighted by Gasteiger charge is -2.02. The molecular weight excluding hydrogens is 182 g/mol. The van der Waals surface area contributed by atoms with E-state index in [1.807, 2.05) is 5.48 Å². The number of hydrogen-bond donors (Lipinski definition) is 1. The van der Waals surface area contributed by atoms with Crippen molar-refractivity contribution in [3.63, 3.8) is 0 Å². The topological polar surface area (TPSA) is 51.2 Å². The molecule has 0 aliphatic rings. The number of aromatic nitrogens is 1. The van der Waals surface area contributed by atoms with Gasteiger partial charge in [-0.2, -0.15) is 4.39 Å². The molecule has 0 fully saturated rings. The minimum Gasteiger partial charge on any atom is -0.277 e. The summed E-state index contributed by atoms with van der Waals surface area (Å²) in [6, 6.07) is 1.05. The highest BCUT2D eigenvalue weighted by Crippen LogP contribution is 2.08. The normalized spacial score (nSPS) is 9.77. The molecule has 1 aromatic heterocycles. The molecule has 1 N–H and O–H groups in total. The monoisotopic (exact) mass is 188 g/mol. The van der Waals surface area contributed by atoms with E-state index in [1.54, 1.807) is 0 Å². The van der Waals surface area contributed by atoms with Crippen molar-refractivity contribution in [3.05, 3.63) is 29.6 Å². The number of hydroxylamine groups is 1. The van der Waals surface area contributed by atoms with Crippen molar-refractivity contribution in [1.82, 2.24) is 10.5 Å². The van der Waals surface area contributed by atoms with Gasteiger partial charge in [-0.15, -0.1) is 0 Å². The number of amides is 1. The number of hydrogen-bond acceptors (Lipinski definition) is 3. The summed E-state index contributed by atoms with van der Waals surface area (Å²) in [7, 11) is 1.19. The minimum atomic E-state index is -1.32. The summed E-state index contributed by atoms with van der Waals surface area (Å²) in [5.74, 6) is -3.47. The molecule has 0 bridgehead atoms. The fraction of sp³-hybridized carbons (Fsp3) is 0.143. The van der Waals surface area contributed by atoms with Crippen LogP contribution in [0.4, 0.5) is 8.78 Å². The standard InChI is InChI=1S/C7H6F2N2O2/c1-13-11-7(12)4-2-3-10-6(9)5(4)8/h2-3H,1H3,(H,11,12). The summed E-state index contributed by atoms with van der Waals surface area (Å²) in [6.07, 6.45) is 0.989. The molecule has 0 radical (unpaired) electrons. The third-order valence-electron chi connectivity index (χ3n) is 1.29. The van der Waals surface area contributed by atoms with Crippen LogP contribution in [0.15, 0.2) is 12.3 Å². The SMILES string of the molecule is CONC(=O)c1ccnc(F)c1F. The van der Waals surface area contributed by atoms with Crippen LogP contribution in [-0.2, 0) is 4.84 Å². The number of rotatable bonds is 2. The van der Waals surface area contributed by atoms with Gasteiger partial charge < -0.3 is 0 Å². The molecule has 0 unspecified atom stereocenters. The highest BCUT2D eigenvalue weighted by atomic mass is 19.2. The second kappa shape index (κ2) is 3.90. The predicted molar refractivity (Wildman–Crippen MR) is 38.6 cm³/mol. The van der Waals surface area contributed by atoms with E-state index in [0.717, 1.165) is 12.3 Å². The zero-order valence-corrected chi connectivity index (χ0v) is 6.67. The molecule has 1 amide bonds. The van der Waals surface area contributed by atoms with Crippen molar-refractivity contribution in [3.8, 4) is 0 Å². The van der Waals surface area contributed by atoms with Gasteiger partial charge in [-0.25, -0.2) is 14.9 Å². The van der Waals surface area contributed by atoms with Crippen LogP contribution in [0, 0.1) is 11.8 Å². The van der Waals surface area contributed by atoms with Gasteiger partial charge in [0.15, 0.2) is 5.82 Å². The van der Waals surface area contributed by atoms with Crippen molar-refractivity contribution < 1.29 is 18.4 Å². The van der Waals surface area contributed by atoms with Gasteiger partial charge in [-0.05, 0) is 6.07 Å².